The molecule has 0 unspecified atom stereocenters. The summed E-state index contributed by atoms with van der Waals surface area (Å²) in [7, 11) is 1.28. The number of methoxy groups -OCH3 is 1. The van der Waals surface area contributed by atoms with Crippen molar-refractivity contribution in [2.45, 2.75) is 51.6 Å². The Hall–Kier alpha value is -3.56. The largest absolute Gasteiger partial charge is 0.465 e. The highest BCUT2D eigenvalue weighted by molar-refractivity contribution is 6.40. The molecule has 0 bridgehead atoms. The Morgan fingerprint density at radius 2 is 1.76 bits per heavy atom. The molecule has 2 aromatic rings. The molecule has 3 amide bonds. The smallest absolute Gasteiger partial charge is 0.340 e. The lowest BCUT2D eigenvalue weighted by atomic mass is 9.94. The number of esters is 1. The Balaban J connectivity index is 1.44. The predicted molar refractivity (Wildman–Crippen MR) is 142 cm³/mol. The molecule has 0 radical (unpaired) electrons. The average Bonchev–Trinajstić information content (AvgIpc) is 3.43. The summed E-state index contributed by atoms with van der Waals surface area (Å²) in [5.74, 6) is -1.99. The first-order valence-electron chi connectivity index (χ1n) is 12.2. The van der Waals surface area contributed by atoms with Crippen molar-refractivity contribution in [2.24, 2.45) is 0 Å². The summed E-state index contributed by atoms with van der Waals surface area (Å²) in [6, 6.07) is 7.68. The van der Waals surface area contributed by atoms with Gasteiger partial charge in [-0.15, -0.1) is 0 Å². The van der Waals surface area contributed by atoms with Crippen LogP contribution < -0.4 is 10.6 Å². The number of amides is 3. The molecule has 200 valence electrons. The summed E-state index contributed by atoms with van der Waals surface area (Å²) in [5.41, 5.74) is 1.27. The lowest BCUT2D eigenvalue weighted by Gasteiger charge is -2.32. The molecule has 2 aliphatic rings. The Bertz CT molecular complexity index is 1320. The summed E-state index contributed by atoms with van der Waals surface area (Å²) < 4.78 is 10.7. The van der Waals surface area contributed by atoms with Gasteiger partial charge in [-0.3, -0.25) is 14.4 Å². The monoisotopic (exact) mass is 559 g/mol. The van der Waals surface area contributed by atoms with Gasteiger partial charge in [-0.25, -0.2) is 4.79 Å². The fourth-order valence-corrected chi connectivity index (χ4v) is 5.27. The first kappa shape index (κ1) is 27.5. The third-order valence-corrected chi connectivity index (χ3v) is 6.93. The molecule has 1 aromatic heterocycles. The first-order valence-corrected chi connectivity index (χ1v) is 12.9. The summed E-state index contributed by atoms with van der Waals surface area (Å²) in [5, 5.41) is 5.52. The third kappa shape index (κ3) is 6.11. The van der Waals surface area contributed by atoms with E-state index in [1.807, 2.05) is 0 Å². The maximum absolute atomic E-state index is 13.4. The van der Waals surface area contributed by atoms with Gasteiger partial charge in [0.1, 0.15) is 11.5 Å². The zero-order chi connectivity index (χ0) is 27.4. The zero-order valence-electron chi connectivity index (χ0n) is 20.9. The van der Waals surface area contributed by atoms with Crippen LogP contribution in [0.1, 0.15) is 50.5 Å². The van der Waals surface area contributed by atoms with Crippen LogP contribution in [0.2, 0.25) is 10.0 Å². The predicted octanol–water partition coefficient (Wildman–Crippen LogP) is 4.85. The summed E-state index contributed by atoms with van der Waals surface area (Å²) in [6.45, 7) is 1.68. The Morgan fingerprint density at radius 1 is 1.08 bits per heavy atom. The molecule has 2 N–H and O–H groups in total. The number of carbonyl (C=O) groups is 4. The van der Waals surface area contributed by atoms with Crippen LogP contribution in [0.4, 0.5) is 5.69 Å². The van der Waals surface area contributed by atoms with Crippen LogP contribution >= 0.6 is 23.2 Å². The van der Waals surface area contributed by atoms with E-state index in [-0.39, 0.29) is 35.3 Å². The normalized spacial score (nSPS) is 17.2. The van der Waals surface area contributed by atoms with Crippen molar-refractivity contribution < 1.29 is 28.3 Å². The van der Waals surface area contributed by atoms with Gasteiger partial charge in [-0.05, 0) is 56.2 Å². The molecule has 4 rings (SSSR count). The summed E-state index contributed by atoms with van der Waals surface area (Å²) in [4.78, 5) is 52.1. The number of ether oxygens (including phenoxy) is 1. The van der Waals surface area contributed by atoms with Crippen molar-refractivity contribution in [3.8, 4) is 0 Å². The Kier molecular flexibility index (Phi) is 8.58. The van der Waals surface area contributed by atoms with Crippen molar-refractivity contribution in [2.75, 3.05) is 12.4 Å². The highest BCUT2D eigenvalue weighted by Gasteiger charge is 2.40. The van der Waals surface area contributed by atoms with Crippen molar-refractivity contribution in [3.05, 3.63) is 68.7 Å². The number of rotatable bonds is 6. The maximum Gasteiger partial charge on any atom is 0.340 e. The zero-order valence-corrected chi connectivity index (χ0v) is 22.4. The number of nitrogens with one attached hydrogen (secondary N) is 2. The van der Waals surface area contributed by atoms with E-state index in [9.17, 15) is 19.2 Å². The van der Waals surface area contributed by atoms with Gasteiger partial charge < -0.3 is 24.7 Å². The van der Waals surface area contributed by atoms with E-state index in [1.54, 1.807) is 24.0 Å². The van der Waals surface area contributed by atoms with Crippen LogP contribution in [0.3, 0.4) is 0 Å². The van der Waals surface area contributed by atoms with E-state index in [0.717, 1.165) is 32.1 Å². The molecule has 1 aliphatic carbocycles. The molecular weight excluding hydrogens is 533 g/mol. The lowest BCUT2D eigenvalue weighted by Crippen LogP contribution is -2.37. The van der Waals surface area contributed by atoms with Gasteiger partial charge in [0.2, 0.25) is 0 Å². The van der Waals surface area contributed by atoms with Gasteiger partial charge in [0.05, 0.1) is 24.8 Å². The second kappa shape index (κ2) is 11.9. The lowest BCUT2D eigenvalue weighted by molar-refractivity contribution is -0.136. The molecule has 0 spiro atoms. The molecular formula is C27H27Cl2N3O6. The number of furan rings is 1. The minimum Gasteiger partial charge on any atom is -0.465 e. The van der Waals surface area contributed by atoms with Gasteiger partial charge in [-0.1, -0.05) is 42.5 Å². The Labute approximate surface area is 229 Å². The molecule has 11 heteroatoms. The quantitative estimate of drug-likeness (QED) is 0.297. The van der Waals surface area contributed by atoms with Gasteiger partial charge >= 0.3 is 17.8 Å². The Morgan fingerprint density at radius 3 is 2.42 bits per heavy atom. The molecule has 1 fully saturated rings. The number of hydrogen-bond donors (Lipinski definition) is 2. The number of hydrogen-bond acceptors (Lipinski definition) is 6. The van der Waals surface area contributed by atoms with Gasteiger partial charge in [0.15, 0.2) is 0 Å². The number of benzene rings is 1. The average molecular weight is 560 g/mol. The van der Waals surface area contributed by atoms with E-state index in [4.69, 9.17) is 32.4 Å². The second-order valence-corrected chi connectivity index (χ2v) is 9.95. The molecule has 0 saturated heterocycles. The van der Waals surface area contributed by atoms with E-state index in [1.165, 1.54) is 31.4 Å². The van der Waals surface area contributed by atoms with Crippen LogP contribution in [0.25, 0.3) is 6.08 Å². The molecule has 0 atom stereocenters. The number of allylic oxidation sites excluding steroid dienone is 1. The molecule has 38 heavy (non-hydrogen) atoms. The van der Waals surface area contributed by atoms with Crippen LogP contribution in [0, 0.1) is 0 Å². The van der Waals surface area contributed by atoms with Gasteiger partial charge in [0.25, 0.3) is 5.91 Å². The molecule has 1 aliphatic heterocycles. The number of anilines is 1. The second-order valence-electron chi connectivity index (χ2n) is 9.08. The van der Waals surface area contributed by atoms with Crippen LogP contribution in [0.5, 0.6) is 0 Å². The van der Waals surface area contributed by atoms with Crippen LogP contribution in [-0.4, -0.2) is 41.7 Å². The first-order chi connectivity index (χ1) is 18.2. The molecule has 2 heterocycles. The minimum atomic E-state index is -0.903. The van der Waals surface area contributed by atoms with Crippen LogP contribution in [-0.2, 0) is 30.5 Å². The van der Waals surface area contributed by atoms with E-state index in [2.05, 4.69) is 10.6 Å². The fraction of sp³-hybridized carbons (Fsp3) is 0.333. The van der Waals surface area contributed by atoms with Crippen LogP contribution in [0.15, 0.2) is 51.6 Å². The fourth-order valence-electron chi connectivity index (χ4n) is 4.75. The van der Waals surface area contributed by atoms with Crippen molar-refractivity contribution in [1.82, 2.24) is 10.2 Å². The number of halogens is 2. The molecule has 9 nitrogen and oxygen atoms in total. The minimum absolute atomic E-state index is 0.0401. The van der Waals surface area contributed by atoms with Gasteiger partial charge in [-0.2, -0.15) is 0 Å². The summed E-state index contributed by atoms with van der Waals surface area (Å²) >= 11 is 11.8. The summed E-state index contributed by atoms with van der Waals surface area (Å²) in [6.07, 6.45) is 6.47. The third-order valence-electron chi connectivity index (χ3n) is 6.49. The SMILES string of the molecule is COC(=O)C1=C(C)N(C2CCCCC2)C(=O)/C1=C/c1ccc(CNC(=O)C(=O)Nc2cc(Cl)cc(Cl)c2)o1. The van der Waals surface area contributed by atoms with E-state index < -0.39 is 17.8 Å². The van der Waals surface area contributed by atoms with Gasteiger partial charge in [0, 0.05) is 27.5 Å². The standard InChI is InChI=1S/C27H27Cl2N3O6/c1-15-23(27(36)37-2)22(26(35)32(15)19-6-4-3-5-7-19)13-20-8-9-21(38-20)14-30-24(33)25(34)31-18-11-16(28)10-17(29)12-18/h8-13,19H,3-7,14H2,1-2H3,(H,30,33)(H,31,34)/b22-13+. The van der Waals surface area contributed by atoms with E-state index in [0.29, 0.717) is 27.3 Å². The van der Waals surface area contributed by atoms with E-state index >= 15 is 0 Å². The maximum atomic E-state index is 13.4. The van der Waals surface area contributed by atoms with Crippen molar-refractivity contribution in [1.29, 1.82) is 0 Å². The van der Waals surface area contributed by atoms with Crippen molar-refractivity contribution in [3.63, 3.8) is 0 Å². The molecule has 1 saturated carbocycles. The topological polar surface area (TPSA) is 118 Å². The highest BCUT2D eigenvalue weighted by Crippen LogP contribution is 2.37. The number of carbonyl (C=O) groups excluding carboxylic acids is 4. The highest BCUT2D eigenvalue weighted by atomic mass is 35.5. The molecule has 1 aromatic carbocycles. The number of nitrogens with zero attached hydrogens (tertiary/aromatic N) is 1. The van der Waals surface area contributed by atoms with Crippen molar-refractivity contribution >= 4 is 58.7 Å².